The zero-order chi connectivity index (χ0) is 19.4. The molecule has 2 amide bonds. The van der Waals surface area contributed by atoms with Crippen LogP contribution in [0.15, 0.2) is 48.5 Å². The number of aryl methyl sites for hydroxylation is 1. The van der Waals surface area contributed by atoms with E-state index in [4.69, 9.17) is 4.74 Å². The van der Waals surface area contributed by atoms with Gasteiger partial charge in [-0.2, -0.15) is 0 Å². The minimum Gasteiger partial charge on any atom is -0.449 e. The molecule has 1 saturated heterocycles. The van der Waals surface area contributed by atoms with Crippen molar-refractivity contribution in [1.29, 1.82) is 0 Å². The van der Waals surface area contributed by atoms with Crippen molar-refractivity contribution in [3.8, 4) is 0 Å². The van der Waals surface area contributed by atoms with Crippen LogP contribution >= 0.6 is 0 Å². The Morgan fingerprint density at radius 3 is 2.56 bits per heavy atom. The van der Waals surface area contributed by atoms with Crippen LogP contribution in [0.5, 0.6) is 0 Å². The third kappa shape index (κ3) is 4.53. The lowest BCUT2D eigenvalue weighted by Gasteiger charge is -2.17. The number of carbonyl (C=O) groups excluding carboxylic acids is 3. The van der Waals surface area contributed by atoms with E-state index >= 15 is 0 Å². The SMILES string of the molecule is Cc1ccc(NC(=O)[C@H](C)OC(=O)c2cccc(N3CCCC3=O)c2)cc1. The molecule has 1 N–H and O–H groups in total. The van der Waals surface area contributed by atoms with E-state index in [0.29, 0.717) is 29.9 Å². The Morgan fingerprint density at radius 1 is 1.15 bits per heavy atom. The van der Waals surface area contributed by atoms with Gasteiger partial charge in [0.2, 0.25) is 5.91 Å². The van der Waals surface area contributed by atoms with E-state index in [0.717, 1.165) is 12.0 Å². The van der Waals surface area contributed by atoms with Crippen molar-refractivity contribution in [2.75, 3.05) is 16.8 Å². The molecular weight excluding hydrogens is 344 g/mol. The van der Waals surface area contributed by atoms with Crippen LogP contribution in [0.1, 0.15) is 35.7 Å². The molecule has 1 atom stereocenters. The molecule has 1 fully saturated rings. The minimum absolute atomic E-state index is 0.0476. The monoisotopic (exact) mass is 366 g/mol. The zero-order valence-electron chi connectivity index (χ0n) is 15.4. The number of rotatable bonds is 5. The van der Waals surface area contributed by atoms with E-state index in [1.807, 2.05) is 19.1 Å². The van der Waals surface area contributed by atoms with Crippen LogP contribution in [0.2, 0.25) is 0 Å². The van der Waals surface area contributed by atoms with Gasteiger partial charge in [-0.3, -0.25) is 9.59 Å². The second-order valence-electron chi connectivity index (χ2n) is 6.60. The molecular formula is C21H22N2O4. The standard InChI is InChI=1S/C21H22N2O4/c1-14-8-10-17(11-9-14)22-20(25)15(2)27-21(26)16-5-3-6-18(13-16)23-12-4-7-19(23)24/h3,5-6,8-11,13,15H,4,7,12H2,1-2H3,(H,22,25)/t15-/m0/s1. The van der Waals surface area contributed by atoms with E-state index in [9.17, 15) is 14.4 Å². The molecule has 2 aromatic rings. The third-order valence-corrected chi connectivity index (χ3v) is 4.44. The molecule has 6 nitrogen and oxygen atoms in total. The van der Waals surface area contributed by atoms with Gasteiger partial charge in [0.15, 0.2) is 6.10 Å². The molecule has 0 unspecified atom stereocenters. The highest BCUT2D eigenvalue weighted by Gasteiger charge is 2.23. The minimum atomic E-state index is -0.948. The van der Waals surface area contributed by atoms with E-state index in [1.165, 1.54) is 6.92 Å². The van der Waals surface area contributed by atoms with Crippen molar-refractivity contribution >= 4 is 29.2 Å². The van der Waals surface area contributed by atoms with Gasteiger partial charge in [-0.15, -0.1) is 0 Å². The van der Waals surface area contributed by atoms with Gasteiger partial charge in [-0.25, -0.2) is 4.79 Å². The smallest absolute Gasteiger partial charge is 0.338 e. The highest BCUT2D eigenvalue weighted by atomic mass is 16.5. The molecule has 1 heterocycles. The Morgan fingerprint density at radius 2 is 1.89 bits per heavy atom. The molecule has 140 valence electrons. The molecule has 1 aliphatic rings. The molecule has 2 aromatic carbocycles. The number of carbonyl (C=O) groups is 3. The van der Waals surface area contributed by atoms with Crippen molar-refractivity contribution in [1.82, 2.24) is 0 Å². The number of esters is 1. The molecule has 0 aromatic heterocycles. The van der Waals surface area contributed by atoms with E-state index in [1.54, 1.807) is 41.3 Å². The average Bonchev–Trinajstić information content (AvgIpc) is 3.09. The van der Waals surface area contributed by atoms with Gasteiger partial charge in [0.05, 0.1) is 5.56 Å². The predicted molar refractivity (Wildman–Crippen MR) is 103 cm³/mol. The number of ether oxygens (including phenoxy) is 1. The number of hydrogen-bond donors (Lipinski definition) is 1. The number of anilines is 2. The summed E-state index contributed by atoms with van der Waals surface area (Å²) in [5.41, 5.74) is 2.71. The molecule has 0 saturated carbocycles. The summed E-state index contributed by atoms with van der Waals surface area (Å²) in [6, 6.07) is 14.1. The van der Waals surface area contributed by atoms with Gasteiger partial charge in [0.1, 0.15) is 0 Å². The summed E-state index contributed by atoms with van der Waals surface area (Å²) in [5, 5.41) is 2.72. The molecule has 3 rings (SSSR count). The van der Waals surface area contributed by atoms with E-state index < -0.39 is 18.0 Å². The summed E-state index contributed by atoms with van der Waals surface area (Å²) in [6.45, 7) is 4.13. The van der Waals surface area contributed by atoms with Crippen LogP contribution in [0.3, 0.4) is 0 Å². The summed E-state index contributed by atoms with van der Waals surface area (Å²) >= 11 is 0. The fourth-order valence-corrected chi connectivity index (χ4v) is 2.88. The number of nitrogens with one attached hydrogen (secondary N) is 1. The maximum Gasteiger partial charge on any atom is 0.338 e. The summed E-state index contributed by atoms with van der Waals surface area (Å²) in [6.07, 6.45) is 0.380. The van der Waals surface area contributed by atoms with Gasteiger partial charge >= 0.3 is 5.97 Å². The van der Waals surface area contributed by atoms with Crippen LogP contribution in [0, 0.1) is 6.92 Å². The zero-order valence-corrected chi connectivity index (χ0v) is 15.4. The molecule has 27 heavy (non-hydrogen) atoms. The molecule has 6 heteroatoms. The Kier molecular flexibility index (Phi) is 5.54. The lowest BCUT2D eigenvalue weighted by molar-refractivity contribution is -0.123. The third-order valence-electron chi connectivity index (χ3n) is 4.44. The Hall–Kier alpha value is -3.15. The van der Waals surface area contributed by atoms with Crippen molar-refractivity contribution in [2.45, 2.75) is 32.8 Å². The van der Waals surface area contributed by atoms with Gasteiger partial charge in [0, 0.05) is 24.3 Å². The second-order valence-corrected chi connectivity index (χ2v) is 6.60. The first kappa shape index (κ1) is 18.6. The maximum atomic E-state index is 12.4. The number of hydrogen-bond acceptors (Lipinski definition) is 4. The highest BCUT2D eigenvalue weighted by molar-refractivity contribution is 5.99. The predicted octanol–water partition coefficient (Wildman–Crippen LogP) is 3.31. The Balaban J connectivity index is 1.63. The van der Waals surface area contributed by atoms with Crippen molar-refractivity contribution < 1.29 is 19.1 Å². The quantitative estimate of drug-likeness (QED) is 0.824. The fourth-order valence-electron chi connectivity index (χ4n) is 2.88. The van der Waals surface area contributed by atoms with Gasteiger partial charge in [-0.1, -0.05) is 23.8 Å². The normalized spacial score (nSPS) is 14.7. The van der Waals surface area contributed by atoms with Crippen molar-refractivity contribution in [3.05, 3.63) is 59.7 Å². The van der Waals surface area contributed by atoms with Crippen molar-refractivity contribution in [2.24, 2.45) is 0 Å². The van der Waals surface area contributed by atoms with Gasteiger partial charge in [-0.05, 0) is 50.6 Å². The number of amides is 2. The lowest BCUT2D eigenvalue weighted by atomic mass is 10.2. The second kappa shape index (κ2) is 8.03. The lowest BCUT2D eigenvalue weighted by Crippen LogP contribution is -2.30. The van der Waals surface area contributed by atoms with Crippen LogP contribution in [0.4, 0.5) is 11.4 Å². The topological polar surface area (TPSA) is 75.7 Å². The molecule has 0 radical (unpaired) electrons. The molecule has 0 aliphatic carbocycles. The summed E-state index contributed by atoms with van der Waals surface area (Å²) in [5.74, 6) is -0.959. The van der Waals surface area contributed by atoms with E-state index in [2.05, 4.69) is 5.32 Å². The van der Waals surface area contributed by atoms with Crippen LogP contribution in [-0.2, 0) is 14.3 Å². The maximum absolute atomic E-state index is 12.4. The Labute approximate surface area is 158 Å². The summed E-state index contributed by atoms with van der Waals surface area (Å²) in [7, 11) is 0. The molecule has 0 spiro atoms. The molecule has 0 bridgehead atoms. The van der Waals surface area contributed by atoms with Crippen LogP contribution < -0.4 is 10.2 Å². The van der Waals surface area contributed by atoms with Crippen molar-refractivity contribution in [3.63, 3.8) is 0 Å². The average molecular weight is 366 g/mol. The first-order chi connectivity index (χ1) is 12.9. The molecule has 1 aliphatic heterocycles. The van der Waals surface area contributed by atoms with E-state index in [-0.39, 0.29) is 5.91 Å². The van der Waals surface area contributed by atoms with Gasteiger partial charge < -0.3 is 15.0 Å². The van der Waals surface area contributed by atoms with Crippen LogP contribution in [0.25, 0.3) is 0 Å². The van der Waals surface area contributed by atoms with Crippen LogP contribution in [-0.4, -0.2) is 30.4 Å². The first-order valence-electron chi connectivity index (χ1n) is 8.93. The largest absolute Gasteiger partial charge is 0.449 e. The number of nitrogens with zero attached hydrogens (tertiary/aromatic N) is 1. The first-order valence-corrected chi connectivity index (χ1v) is 8.93. The Bertz CT molecular complexity index is 861. The highest BCUT2D eigenvalue weighted by Crippen LogP contribution is 2.22. The summed E-state index contributed by atoms with van der Waals surface area (Å²) < 4.78 is 5.28. The fraction of sp³-hybridized carbons (Fsp3) is 0.286. The number of benzene rings is 2. The van der Waals surface area contributed by atoms with Gasteiger partial charge in [0.25, 0.3) is 5.91 Å². The summed E-state index contributed by atoms with van der Waals surface area (Å²) in [4.78, 5) is 38.2.